The van der Waals surface area contributed by atoms with Gasteiger partial charge in [-0.2, -0.15) is 5.26 Å². The Morgan fingerprint density at radius 3 is 2.35 bits per heavy atom. The van der Waals surface area contributed by atoms with Crippen LogP contribution in [0, 0.1) is 18.4 Å². The number of nitrogens with zero attached hydrogens (tertiary/aromatic N) is 2. The zero-order valence-electron chi connectivity index (χ0n) is 16.9. The lowest BCUT2D eigenvalue weighted by Gasteiger charge is -2.12. The lowest BCUT2D eigenvalue weighted by atomic mass is 10.2. The highest BCUT2D eigenvalue weighted by Crippen LogP contribution is 2.27. The van der Waals surface area contributed by atoms with Crippen LogP contribution < -0.4 is 14.8 Å². The Balaban J connectivity index is 1.80. The van der Waals surface area contributed by atoms with Crippen LogP contribution in [0.25, 0.3) is 0 Å². The fourth-order valence-electron chi connectivity index (χ4n) is 2.66. The van der Waals surface area contributed by atoms with Crippen LogP contribution in [-0.4, -0.2) is 19.8 Å². The number of nitriles is 1. The largest absolute Gasteiger partial charge is 0.457 e. The van der Waals surface area contributed by atoms with Crippen LogP contribution >= 0.6 is 11.8 Å². The minimum Gasteiger partial charge on any atom is -0.457 e. The number of thioether (sulfide) groups is 1. The SMILES string of the molecule is CSC(=Nc1ccc(C)c(S(=O)(=O)Nc2ccc(Oc3ccccc3)cc2)c1)NC#N. The van der Waals surface area contributed by atoms with E-state index in [0.717, 1.165) is 0 Å². The Hall–Kier alpha value is -3.48. The molecule has 31 heavy (non-hydrogen) atoms. The van der Waals surface area contributed by atoms with E-state index in [1.807, 2.05) is 30.3 Å². The molecule has 0 aromatic heterocycles. The van der Waals surface area contributed by atoms with Gasteiger partial charge >= 0.3 is 0 Å². The molecule has 3 aromatic rings. The molecule has 3 rings (SSSR count). The van der Waals surface area contributed by atoms with E-state index >= 15 is 0 Å². The molecular weight excluding hydrogens is 432 g/mol. The number of nitrogens with one attached hydrogen (secondary N) is 2. The molecular formula is C22H20N4O3S2. The van der Waals surface area contributed by atoms with Crippen LogP contribution in [0.4, 0.5) is 11.4 Å². The van der Waals surface area contributed by atoms with Crippen molar-refractivity contribution in [2.45, 2.75) is 11.8 Å². The van der Waals surface area contributed by atoms with E-state index in [4.69, 9.17) is 10.00 Å². The molecule has 3 aromatic carbocycles. The quantitative estimate of drug-likeness (QED) is 0.236. The molecule has 0 heterocycles. The van der Waals surface area contributed by atoms with E-state index in [2.05, 4.69) is 15.0 Å². The molecule has 158 valence electrons. The average Bonchev–Trinajstić information content (AvgIpc) is 2.76. The van der Waals surface area contributed by atoms with Gasteiger partial charge in [0.25, 0.3) is 10.0 Å². The predicted octanol–water partition coefficient (Wildman–Crippen LogP) is 5.01. The third kappa shape index (κ3) is 6.01. The summed E-state index contributed by atoms with van der Waals surface area (Å²) < 4.78 is 34.2. The van der Waals surface area contributed by atoms with E-state index in [9.17, 15) is 8.42 Å². The Labute approximate surface area is 185 Å². The number of amidine groups is 1. The number of ether oxygens (including phenoxy) is 1. The van der Waals surface area contributed by atoms with Gasteiger partial charge < -0.3 is 4.74 Å². The van der Waals surface area contributed by atoms with Gasteiger partial charge in [0.2, 0.25) is 0 Å². The zero-order chi connectivity index (χ0) is 22.3. The first-order valence-corrected chi connectivity index (χ1v) is 11.9. The van der Waals surface area contributed by atoms with Crippen molar-refractivity contribution in [2.75, 3.05) is 11.0 Å². The van der Waals surface area contributed by atoms with Crippen molar-refractivity contribution in [3.8, 4) is 17.7 Å². The second-order valence-corrected chi connectivity index (χ2v) is 8.80. The van der Waals surface area contributed by atoms with Gasteiger partial charge in [-0.3, -0.25) is 10.0 Å². The molecule has 0 aliphatic heterocycles. The molecule has 0 fully saturated rings. The lowest BCUT2D eigenvalue weighted by Crippen LogP contribution is -2.14. The number of para-hydroxylation sites is 1. The average molecular weight is 453 g/mol. The fourth-order valence-corrected chi connectivity index (χ4v) is 4.33. The van der Waals surface area contributed by atoms with Crippen molar-refractivity contribution >= 4 is 38.3 Å². The number of aliphatic imine (C=N–C) groups is 1. The maximum absolute atomic E-state index is 13.0. The molecule has 2 N–H and O–H groups in total. The summed E-state index contributed by atoms with van der Waals surface area (Å²) in [5, 5.41) is 11.6. The van der Waals surface area contributed by atoms with Gasteiger partial charge in [-0.1, -0.05) is 36.0 Å². The van der Waals surface area contributed by atoms with E-state index < -0.39 is 10.0 Å². The van der Waals surface area contributed by atoms with Crippen molar-refractivity contribution < 1.29 is 13.2 Å². The van der Waals surface area contributed by atoms with Crippen LogP contribution in [0.2, 0.25) is 0 Å². The first-order chi connectivity index (χ1) is 14.9. The summed E-state index contributed by atoms with van der Waals surface area (Å²) in [7, 11) is -3.85. The summed E-state index contributed by atoms with van der Waals surface area (Å²) in [6.07, 6.45) is 3.57. The van der Waals surface area contributed by atoms with Crippen molar-refractivity contribution in [3.05, 3.63) is 78.4 Å². The minimum absolute atomic E-state index is 0.107. The second-order valence-electron chi connectivity index (χ2n) is 6.35. The number of sulfonamides is 1. The van der Waals surface area contributed by atoms with Gasteiger partial charge in [-0.05, 0) is 67.3 Å². The van der Waals surface area contributed by atoms with Gasteiger partial charge in [0.05, 0.1) is 10.6 Å². The molecule has 0 aliphatic rings. The van der Waals surface area contributed by atoms with E-state index in [0.29, 0.717) is 33.6 Å². The molecule has 0 aliphatic carbocycles. The molecule has 0 saturated heterocycles. The Morgan fingerprint density at radius 2 is 1.71 bits per heavy atom. The van der Waals surface area contributed by atoms with E-state index in [-0.39, 0.29) is 4.90 Å². The van der Waals surface area contributed by atoms with Crippen LogP contribution in [0.5, 0.6) is 11.5 Å². The van der Waals surface area contributed by atoms with Gasteiger partial charge in [0.15, 0.2) is 11.4 Å². The topological polar surface area (TPSA) is 104 Å². The summed E-state index contributed by atoms with van der Waals surface area (Å²) in [5.74, 6) is 1.29. The second kappa shape index (κ2) is 10.0. The number of anilines is 1. The molecule has 0 saturated carbocycles. The number of aryl methyl sites for hydroxylation is 1. The predicted molar refractivity (Wildman–Crippen MR) is 124 cm³/mol. The van der Waals surface area contributed by atoms with Crippen molar-refractivity contribution in [1.82, 2.24) is 5.32 Å². The third-order valence-corrected chi connectivity index (χ3v) is 6.24. The number of rotatable bonds is 6. The van der Waals surface area contributed by atoms with Crippen LogP contribution in [-0.2, 0) is 10.0 Å². The first-order valence-electron chi connectivity index (χ1n) is 9.15. The third-order valence-electron chi connectivity index (χ3n) is 4.13. The number of hydrogen-bond acceptors (Lipinski definition) is 6. The Morgan fingerprint density at radius 1 is 1.03 bits per heavy atom. The van der Waals surface area contributed by atoms with E-state index in [1.165, 1.54) is 17.8 Å². The maximum atomic E-state index is 13.0. The lowest BCUT2D eigenvalue weighted by molar-refractivity contribution is 0.483. The highest BCUT2D eigenvalue weighted by atomic mass is 32.2. The summed E-state index contributed by atoms with van der Waals surface area (Å²) in [5.41, 5.74) is 1.41. The summed E-state index contributed by atoms with van der Waals surface area (Å²) in [6.45, 7) is 1.71. The van der Waals surface area contributed by atoms with Crippen LogP contribution in [0.3, 0.4) is 0 Å². The van der Waals surface area contributed by atoms with Crippen molar-refractivity contribution in [1.29, 1.82) is 5.26 Å². The molecule has 0 amide bonds. The van der Waals surface area contributed by atoms with Crippen molar-refractivity contribution in [3.63, 3.8) is 0 Å². The first kappa shape index (κ1) is 22.2. The summed E-state index contributed by atoms with van der Waals surface area (Å²) in [4.78, 5) is 4.39. The molecule has 7 nitrogen and oxygen atoms in total. The molecule has 0 bridgehead atoms. The zero-order valence-corrected chi connectivity index (χ0v) is 18.5. The van der Waals surface area contributed by atoms with Gasteiger partial charge in [0, 0.05) is 5.69 Å². The highest BCUT2D eigenvalue weighted by molar-refractivity contribution is 8.13. The maximum Gasteiger partial charge on any atom is 0.262 e. The minimum atomic E-state index is -3.85. The van der Waals surface area contributed by atoms with Gasteiger partial charge in [-0.25, -0.2) is 13.4 Å². The molecule has 0 unspecified atom stereocenters. The van der Waals surface area contributed by atoms with Crippen molar-refractivity contribution in [2.24, 2.45) is 4.99 Å². The number of hydrogen-bond donors (Lipinski definition) is 2. The molecule has 0 radical (unpaired) electrons. The van der Waals surface area contributed by atoms with Gasteiger partial charge in [0.1, 0.15) is 11.5 Å². The molecule has 9 heteroatoms. The monoisotopic (exact) mass is 452 g/mol. The Kier molecular flexibility index (Phi) is 7.18. The molecule has 0 spiro atoms. The van der Waals surface area contributed by atoms with Gasteiger partial charge in [-0.15, -0.1) is 0 Å². The Bertz CT molecular complexity index is 1220. The van der Waals surface area contributed by atoms with Crippen LogP contribution in [0.1, 0.15) is 5.56 Å². The smallest absolute Gasteiger partial charge is 0.262 e. The van der Waals surface area contributed by atoms with E-state index in [1.54, 1.807) is 55.8 Å². The molecule has 0 atom stereocenters. The standard InChI is InChI=1S/C22H20N4O3S2/c1-16-8-9-18(25-22(30-2)24-15-23)14-21(16)31(27,28)26-17-10-12-20(13-11-17)29-19-6-4-3-5-7-19/h3-14,26H,1-2H3,(H,24,25). The highest BCUT2D eigenvalue weighted by Gasteiger charge is 2.18. The summed E-state index contributed by atoms with van der Waals surface area (Å²) >= 11 is 1.25. The number of benzene rings is 3. The van der Waals surface area contributed by atoms with Crippen LogP contribution in [0.15, 0.2) is 82.7 Å². The fraction of sp³-hybridized carbons (Fsp3) is 0.0909. The summed E-state index contributed by atoms with van der Waals surface area (Å²) in [6, 6.07) is 20.8. The normalized spacial score (nSPS) is 11.5.